The van der Waals surface area contributed by atoms with Gasteiger partial charge in [-0.3, -0.25) is 0 Å². The lowest BCUT2D eigenvalue weighted by molar-refractivity contribution is -0.236. The van der Waals surface area contributed by atoms with Crippen molar-refractivity contribution in [3.8, 4) is 11.1 Å². The molecule has 8 heteroatoms. The molecule has 2 rings (SSSR count). The monoisotopic (exact) mass is 532 g/mol. The Morgan fingerprint density at radius 3 is 1.59 bits per heavy atom. The normalized spacial score (nSPS) is 13.7. The molecule has 0 aliphatic rings. The first-order chi connectivity index (χ1) is 17.4. The van der Waals surface area contributed by atoms with Gasteiger partial charge in [0.1, 0.15) is 0 Å². The molecule has 0 amide bonds. The van der Waals surface area contributed by atoms with E-state index in [4.69, 9.17) is 9.47 Å². The molecule has 1 atom stereocenters. The second kappa shape index (κ2) is 13.7. The second-order valence-electron chi connectivity index (χ2n) is 9.41. The molecule has 208 valence electrons. The van der Waals surface area contributed by atoms with Crippen LogP contribution in [0.25, 0.3) is 11.1 Å². The molecule has 0 fully saturated rings. The van der Waals surface area contributed by atoms with E-state index < -0.39 is 29.3 Å². The minimum absolute atomic E-state index is 0.140. The van der Waals surface area contributed by atoms with Crippen molar-refractivity contribution < 1.29 is 35.8 Å². The molecule has 37 heavy (non-hydrogen) atoms. The Morgan fingerprint density at radius 1 is 0.649 bits per heavy atom. The van der Waals surface area contributed by atoms with Crippen LogP contribution in [0.4, 0.5) is 26.3 Å². The molecule has 2 nitrogen and oxygen atoms in total. The fraction of sp³-hybridized carbons (Fsp3) is 0.586. The maximum atomic E-state index is 13.3. The van der Waals surface area contributed by atoms with Gasteiger partial charge in [0.2, 0.25) is 0 Å². The second-order valence-corrected chi connectivity index (χ2v) is 9.41. The lowest BCUT2D eigenvalue weighted by Gasteiger charge is -2.37. The summed E-state index contributed by atoms with van der Waals surface area (Å²) in [6.07, 6.45) is -2.31. The Labute approximate surface area is 216 Å². The highest BCUT2D eigenvalue weighted by Gasteiger charge is 2.38. The zero-order valence-electron chi connectivity index (χ0n) is 22.1. The number of halogens is 6. The van der Waals surface area contributed by atoms with Gasteiger partial charge in [-0.2, -0.15) is 26.3 Å². The summed E-state index contributed by atoms with van der Waals surface area (Å²) in [5.74, 6) is -1.06. The summed E-state index contributed by atoms with van der Waals surface area (Å²) < 4.78 is 92.0. The van der Waals surface area contributed by atoms with Crippen molar-refractivity contribution in [1.82, 2.24) is 0 Å². The summed E-state index contributed by atoms with van der Waals surface area (Å²) in [6.45, 7) is 8.69. The summed E-state index contributed by atoms with van der Waals surface area (Å²) in [5.41, 5.74) is -1.67. The molecular weight excluding hydrogens is 494 g/mol. The minimum Gasteiger partial charge on any atom is -0.350 e. The predicted molar refractivity (Wildman–Crippen MR) is 134 cm³/mol. The van der Waals surface area contributed by atoms with Crippen molar-refractivity contribution in [3.05, 3.63) is 59.2 Å². The third-order valence-electron chi connectivity index (χ3n) is 6.58. The molecule has 0 N–H and O–H groups in total. The Hall–Kier alpha value is -2.06. The van der Waals surface area contributed by atoms with Crippen LogP contribution in [0.3, 0.4) is 0 Å². The number of benzene rings is 2. The van der Waals surface area contributed by atoms with Crippen LogP contribution in [-0.2, 0) is 21.8 Å². The van der Waals surface area contributed by atoms with Crippen molar-refractivity contribution in [2.24, 2.45) is 0 Å². The highest BCUT2D eigenvalue weighted by molar-refractivity contribution is 5.66. The molecule has 2 aromatic rings. The molecule has 0 spiro atoms. The van der Waals surface area contributed by atoms with Gasteiger partial charge < -0.3 is 9.47 Å². The third-order valence-corrected chi connectivity index (χ3v) is 6.58. The van der Waals surface area contributed by atoms with Crippen LogP contribution >= 0.6 is 0 Å². The number of hydrogen-bond donors (Lipinski definition) is 0. The van der Waals surface area contributed by atoms with E-state index in [-0.39, 0.29) is 23.1 Å². The number of unbranched alkanes of at least 4 members (excludes halogenated alkanes) is 5. The van der Waals surface area contributed by atoms with Crippen LogP contribution in [-0.4, -0.2) is 19.0 Å². The first kappa shape index (κ1) is 31.2. The molecule has 2 aromatic carbocycles. The Bertz CT molecular complexity index is 912. The number of alkyl halides is 6. The largest absolute Gasteiger partial charge is 0.416 e. The van der Waals surface area contributed by atoms with Crippen LogP contribution in [0.5, 0.6) is 0 Å². The summed E-state index contributed by atoms with van der Waals surface area (Å²) in [5, 5.41) is 0. The molecule has 0 aliphatic heterocycles. The fourth-order valence-corrected chi connectivity index (χ4v) is 4.71. The van der Waals surface area contributed by atoms with Gasteiger partial charge in [-0.1, -0.05) is 69.7 Å². The van der Waals surface area contributed by atoms with Gasteiger partial charge in [-0.15, -0.1) is 0 Å². The van der Waals surface area contributed by atoms with Crippen LogP contribution in [0.1, 0.15) is 95.2 Å². The highest BCUT2D eigenvalue weighted by Crippen LogP contribution is 2.40. The van der Waals surface area contributed by atoms with Crippen molar-refractivity contribution in [1.29, 1.82) is 0 Å². The van der Waals surface area contributed by atoms with Crippen LogP contribution < -0.4 is 0 Å². The molecule has 0 saturated heterocycles. The standard InChI is InChI=1S/C29H38F6O2/c1-5-8-9-10-11-12-13-26(27(4,36-6-2)37-7-3)22-16-14-21(15-17-22)23-18-24(28(30,31)32)20-25(19-23)29(33,34)35/h14-20,26H,5-13H2,1-4H3. The summed E-state index contributed by atoms with van der Waals surface area (Å²) in [6, 6.07) is 8.28. The molecule has 0 radical (unpaired) electrons. The molecule has 1 unspecified atom stereocenters. The zero-order chi connectivity index (χ0) is 27.7. The lowest BCUT2D eigenvalue weighted by atomic mass is 9.85. The van der Waals surface area contributed by atoms with Crippen LogP contribution in [0.2, 0.25) is 0 Å². The number of ether oxygens (including phenoxy) is 2. The molecule has 0 bridgehead atoms. The lowest BCUT2D eigenvalue weighted by Crippen LogP contribution is -2.39. The van der Waals surface area contributed by atoms with E-state index in [1.54, 1.807) is 24.3 Å². The number of rotatable bonds is 14. The predicted octanol–water partition coefficient (Wildman–Crippen LogP) is 10.0. The van der Waals surface area contributed by atoms with E-state index in [1.165, 1.54) is 12.8 Å². The molecule has 0 heterocycles. The van der Waals surface area contributed by atoms with E-state index in [2.05, 4.69) is 6.92 Å². The Morgan fingerprint density at radius 2 is 1.14 bits per heavy atom. The smallest absolute Gasteiger partial charge is 0.350 e. The maximum absolute atomic E-state index is 13.3. The van der Waals surface area contributed by atoms with Gasteiger partial charge in [0.15, 0.2) is 5.79 Å². The Kier molecular flexibility index (Phi) is 11.5. The number of hydrogen-bond acceptors (Lipinski definition) is 2. The summed E-state index contributed by atoms with van der Waals surface area (Å²) >= 11 is 0. The minimum atomic E-state index is -4.89. The highest BCUT2D eigenvalue weighted by atomic mass is 19.4. The van der Waals surface area contributed by atoms with Crippen molar-refractivity contribution in [2.45, 2.75) is 96.7 Å². The van der Waals surface area contributed by atoms with Gasteiger partial charge in [0.05, 0.1) is 11.1 Å². The third kappa shape index (κ3) is 9.02. The van der Waals surface area contributed by atoms with E-state index in [0.29, 0.717) is 13.2 Å². The molecule has 0 saturated carbocycles. The van der Waals surface area contributed by atoms with Crippen molar-refractivity contribution in [3.63, 3.8) is 0 Å². The van der Waals surface area contributed by atoms with Gasteiger partial charge >= 0.3 is 12.4 Å². The quantitative estimate of drug-likeness (QED) is 0.137. The summed E-state index contributed by atoms with van der Waals surface area (Å²) in [7, 11) is 0. The van der Waals surface area contributed by atoms with E-state index in [0.717, 1.165) is 49.8 Å². The molecule has 0 aromatic heterocycles. The van der Waals surface area contributed by atoms with Crippen molar-refractivity contribution in [2.75, 3.05) is 13.2 Å². The fourth-order valence-electron chi connectivity index (χ4n) is 4.71. The SMILES string of the molecule is CCCCCCCCC(c1ccc(-c2cc(C(F)(F)F)cc(C(F)(F)F)c2)cc1)C(C)(OCC)OCC. The van der Waals surface area contributed by atoms with Gasteiger partial charge in [0.25, 0.3) is 0 Å². The first-order valence-electron chi connectivity index (χ1n) is 13.0. The average Bonchev–Trinajstić information content (AvgIpc) is 2.82. The maximum Gasteiger partial charge on any atom is 0.416 e. The van der Waals surface area contributed by atoms with Gasteiger partial charge in [-0.25, -0.2) is 0 Å². The van der Waals surface area contributed by atoms with Gasteiger partial charge in [-0.05, 0) is 62.1 Å². The Balaban J connectivity index is 2.40. The van der Waals surface area contributed by atoms with Gasteiger partial charge in [0, 0.05) is 19.1 Å². The molecule has 0 aliphatic carbocycles. The van der Waals surface area contributed by atoms with Crippen molar-refractivity contribution >= 4 is 0 Å². The van der Waals surface area contributed by atoms with Crippen LogP contribution in [0, 0.1) is 0 Å². The topological polar surface area (TPSA) is 18.5 Å². The summed E-state index contributed by atoms with van der Waals surface area (Å²) in [4.78, 5) is 0. The van der Waals surface area contributed by atoms with Crippen LogP contribution in [0.15, 0.2) is 42.5 Å². The molecular formula is C29H38F6O2. The zero-order valence-corrected chi connectivity index (χ0v) is 22.1. The average molecular weight is 533 g/mol. The van der Waals surface area contributed by atoms with E-state index in [1.807, 2.05) is 20.8 Å². The van der Waals surface area contributed by atoms with E-state index in [9.17, 15) is 26.3 Å². The van der Waals surface area contributed by atoms with E-state index >= 15 is 0 Å². The first-order valence-corrected chi connectivity index (χ1v) is 13.0.